The summed E-state index contributed by atoms with van der Waals surface area (Å²) in [4.78, 5) is 14.8. The van der Waals surface area contributed by atoms with Gasteiger partial charge in [0.15, 0.2) is 0 Å². The highest BCUT2D eigenvalue weighted by atomic mass is 32.2. The van der Waals surface area contributed by atoms with Crippen LogP contribution in [0.1, 0.15) is 23.5 Å². The molecule has 100 valence electrons. The molecule has 1 aromatic rings. The first-order chi connectivity index (χ1) is 8.45. The van der Waals surface area contributed by atoms with Crippen LogP contribution >= 0.6 is 11.3 Å². The van der Waals surface area contributed by atoms with Gasteiger partial charge >= 0.3 is 0 Å². The Balaban J connectivity index is 2.18. The maximum absolute atomic E-state index is 12.4. The second kappa shape index (κ2) is 5.01. The molecule has 1 aliphatic heterocycles. The summed E-state index contributed by atoms with van der Waals surface area (Å²) in [6.07, 6.45) is 0. The van der Waals surface area contributed by atoms with E-state index in [0.717, 1.165) is 0 Å². The van der Waals surface area contributed by atoms with Crippen LogP contribution in [-0.4, -0.2) is 45.7 Å². The average Bonchev–Trinajstić information content (AvgIpc) is 2.79. The number of methoxy groups -OCH3 is 1. The predicted molar refractivity (Wildman–Crippen MR) is 73.9 cm³/mol. The second-order valence-corrected chi connectivity index (χ2v) is 7.97. The number of ether oxygens (including phenoxy) is 1. The van der Waals surface area contributed by atoms with Crippen LogP contribution in [0, 0.1) is 0 Å². The molecular weight excluding hydrogens is 270 g/mol. The van der Waals surface area contributed by atoms with E-state index in [4.69, 9.17) is 4.74 Å². The van der Waals surface area contributed by atoms with E-state index in [-0.39, 0.29) is 10.7 Å². The van der Waals surface area contributed by atoms with Gasteiger partial charge in [0.1, 0.15) is 10.6 Å². The molecule has 0 spiro atoms. The van der Waals surface area contributed by atoms with Crippen molar-refractivity contribution in [2.45, 2.75) is 18.6 Å². The van der Waals surface area contributed by atoms with Gasteiger partial charge in [-0.25, -0.2) is 0 Å². The number of hydrogen-bond donors (Lipinski definition) is 0. The van der Waals surface area contributed by atoms with E-state index in [1.54, 1.807) is 18.1 Å². The predicted octanol–water partition coefficient (Wildman–Crippen LogP) is 1.74. The van der Waals surface area contributed by atoms with E-state index >= 15 is 0 Å². The average molecular weight is 287 g/mol. The first-order valence-corrected chi connectivity index (χ1v) is 7.95. The number of amides is 1. The molecule has 1 unspecified atom stereocenters. The minimum Gasteiger partial charge on any atom is -0.495 e. The van der Waals surface area contributed by atoms with Crippen LogP contribution in [0.4, 0.5) is 0 Å². The molecule has 18 heavy (non-hydrogen) atoms. The molecule has 1 fully saturated rings. The number of carbonyl (C=O) groups is 1. The summed E-state index contributed by atoms with van der Waals surface area (Å²) in [7, 11) is 0.700. The fourth-order valence-corrected chi connectivity index (χ4v) is 4.07. The maximum atomic E-state index is 12.4. The van der Waals surface area contributed by atoms with Crippen molar-refractivity contribution < 1.29 is 13.7 Å². The van der Waals surface area contributed by atoms with E-state index < -0.39 is 10.8 Å². The number of hydrogen-bond acceptors (Lipinski definition) is 4. The molecule has 1 saturated heterocycles. The lowest BCUT2D eigenvalue weighted by molar-refractivity contribution is 0.0747. The molecule has 0 N–H and O–H groups in total. The molecule has 4 nitrogen and oxygen atoms in total. The minimum atomic E-state index is -0.863. The summed E-state index contributed by atoms with van der Waals surface area (Å²) in [6.45, 7) is 4.96. The summed E-state index contributed by atoms with van der Waals surface area (Å²) in [5, 5.41) is 1.85. The van der Waals surface area contributed by atoms with Gasteiger partial charge in [-0.15, -0.1) is 11.3 Å². The summed E-state index contributed by atoms with van der Waals surface area (Å²) in [6, 6.07) is 1.80. The molecular formula is C12H17NO3S2. The Morgan fingerprint density at radius 3 is 2.89 bits per heavy atom. The van der Waals surface area contributed by atoms with Gasteiger partial charge in [0, 0.05) is 29.6 Å². The quantitative estimate of drug-likeness (QED) is 0.832. The monoisotopic (exact) mass is 287 g/mol. The van der Waals surface area contributed by atoms with Crippen LogP contribution in [0.5, 0.6) is 5.75 Å². The van der Waals surface area contributed by atoms with Crippen LogP contribution in [0.15, 0.2) is 11.4 Å². The number of carbonyl (C=O) groups excluding carboxylic acids is 1. The van der Waals surface area contributed by atoms with Crippen molar-refractivity contribution in [2.24, 2.45) is 0 Å². The normalized spacial score (nSPS) is 22.8. The Labute approximate surface area is 113 Å². The van der Waals surface area contributed by atoms with Crippen molar-refractivity contribution in [1.82, 2.24) is 4.90 Å². The number of rotatable bonds is 2. The summed E-state index contributed by atoms with van der Waals surface area (Å²) in [5.74, 6) is 1.15. The largest absolute Gasteiger partial charge is 0.495 e. The molecule has 0 saturated carbocycles. The van der Waals surface area contributed by atoms with Gasteiger partial charge < -0.3 is 9.64 Å². The van der Waals surface area contributed by atoms with E-state index in [1.807, 2.05) is 19.2 Å². The number of thiophene rings is 1. The SMILES string of the molecule is COc1ccsc1C(=O)N1CCS(=O)C(C)(C)C1. The molecule has 1 aliphatic rings. The van der Waals surface area contributed by atoms with Crippen molar-refractivity contribution >= 4 is 28.0 Å². The molecule has 2 heterocycles. The fraction of sp³-hybridized carbons (Fsp3) is 0.583. The Bertz CT molecular complexity index is 481. The van der Waals surface area contributed by atoms with Crippen molar-refractivity contribution in [1.29, 1.82) is 0 Å². The van der Waals surface area contributed by atoms with Crippen LogP contribution in [0.2, 0.25) is 0 Å². The molecule has 0 aromatic carbocycles. The number of nitrogens with zero attached hydrogens (tertiary/aromatic N) is 1. The van der Waals surface area contributed by atoms with Gasteiger partial charge in [-0.1, -0.05) is 0 Å². The lowest BCUT2D eigenvalue weighted by atomic mass is 10.2. The second-order valence-electron chi connectivity index (χ2n) is 4.85. The first kappa shape index (κ1) is 13.5. The zero-order valence-electron chi connectivity index (χ0n) is 10.8. The van der Waals surface area contributed by atoms with Gasteiger partial charge in [0.2, 0.25) is 0 Å². The van der Waals surface area contributed by atoms with Crippen LogP contribution in [0.3, 0.4) is 0 Å². The lowest BCUT2D eigenvalue weighted by Gasteiger charge is -2.37. The van der Waals surface area contributed by atoms with E-state index in [1.165, 1.54) is 11.3 Å². The van der Waals surface area contributed by atoms with Gasteiger partial charge in [0.25, 0.3) is 5.91 Å². The van der Waals surface area contributed by atoms with Crippen molar-refractivity contribution in [2.75, 3.05) is 26.0 Å². The zero-order chi connectivity index (χ0) is 13.3. The summed E-state index contributed by atoms with van der Waals surface area (Å²) >= 11 is 1.38. The molecule has 0 radical (unpaired) electrons. The topological polar surface area (TPSA) is 46.6 Å². The Hall–Kier alpha value is -0.880. The van der Waals surface area contributed by atoms with E-state index in [9.17, 15) is 9.00 Å². The standard InChI is InChI=1S/C12H17NO3S2/c1-12(2)8-13(5-7-18(12)15)11(14)10-9(16-3)4-6-17-10/h4,6H,5,7-8H2,1-3H3. The van der Waals surface area contributed by atoms with E-state index in [0.29, 0.717) is 29.5 Å². The molecule has 1 aromatic heterocycles. The zero-order valence-corrected chi connectivity index (χ0v) is 12.4. The third-order valence-corrected chi connectivity index (χ3v) is 5.86. The minimum absolute atomic E-state index is 0.0216. The Kier molecular flexibility index (Phi) is 3.77. The van der Waals surface area contributed by atoms with Crippen LogP contribution in [-0.2, 0) is 10.8 Å². The third kappa shape index (κ3) is 2.44. The molecule has 1 atom stereocenters. The maximum Gasteiger partial charge on any atom is 0.267 e. The summed E-state index contributed by atoms with van der Waals surface area (Å²) in [5.41, 5.74) is 0. The molecule has 2 rings (SSSR count). The van der Waals surface area contributed by atoms with Gasteiger partial charge in [-0.3, -0.25) is 9.00 Å². The summed E-state index contributed by atoms with van der Waals surface area (Å²) < 4.78 is 16.7. The van der Waals surface area contributed by atoms with Gasteiger partial charge in [-0.2, -0.15) is 0 Å². The van der Waals surface area contributed by atoms with E-state index in [2.05, 4.69) is 0 Å². The highest BCUT2D eigenvalue weighted by Gasteiger charge is 2.36. The lowest BCUT2D eigenvalue weighted by Crippen LogP contribution is -2.52. The Morgan fingerprint density at radius 1 is 1.56 bits per heavy atom. The van der Waals surface area contributed by atoms with Crippen molar-refractivity contribution in [3.05, 3.63) is 16.3 Å². The Morgan fingerprint density at radius 2 is 2.28 bits per heavy atom. The smallest absolute Gasteiger partial charge is 0.267 e. The van der Waals surface area contributed by atoms with Gasteiger partial charge in [0.05, 0.1) is 11.9 Å². The molecule has 1 amide bonds. The van der Waals surface area contributed by atoms with Crippen LogP contribution in [0.25, 0.3) is 0 Å². The molecule has 0 bridgehead atoms. The fourth-order valence-electron chi connectivity index (χ4n) is 2.01. The first-order valence-electron chi connectivity index (χ1n) is 5.75. The molecule has 0 aliphatic carbocycles. The highest BCUT2D eigenvalue weighted by Crippen LogP contribution is 2.28. The third-order valence-electron chi connectivity index (χ3n) is 3.07. The van der Waals surface area contributed by atoms with Crippen molar-refractivity contribution in [3.8, 4) is 5.75 Å². The molecule has 6 heteroatoms. The highest BCUT2D eigenvalue weighted by molar-refractivity contribution is 7.86. The van der Waals surface area contributed by atoms with Crippen LogP contribution < -0.4 is 4.74 Å². The van der Waals surface area contributed by atoms with Gasteiger partial charge in [-0.05, 0) is 25.3 Å². The van der Waals surface area contributed by atoms with Crippen molar-refractivity contribution in [3.63, 3.8) is 0 Å².